The van der Waals surface area contributed by atoms with Crippen LogP contribution >= 0.6 is 0 Å². The minimum absolute atomic E-state index is 0.137. The number of aromatic nitrogens is 1. The monoisotopic (exact) mass is 469 g/mol. The van der Waals surface area contributed by atoms with Crippen LogP contribution in [-0.4, -0.2) is 30.3 Å². The third-order valence-electron chi connectivity index (χ3n) is 6.59. The third kappa shape index (κ3) is 3.99. The molecule has 0 aliphatic heterocycles. The summed E-state index contributed by atoms with van der Waals surface area (Å²) < 4.78 is 12.4. The van der Waals surface area contributed by atoms with Crippen molar-refractivity contribution < 1.29 is 19.1 Å². The highest BCUT2D eigenvalue weighted by Crippen LogP contribution is 2.33. The third-order valence-corrected chi connectivity index (χ3v) is 6.59. The molecule has 2 heterocycles. The van der Waals surface area contributed by atoms with Crippen molar-refractivity contribution in [2.24, 2.45) is 0 Å². The minimum Gasteiger partial charge on any atom is -0.497 e. The maximum absolute atomic E-state index is 13.7. The number of carbonyl (C=O) groups excluding carboxylic acids is 2. The van der Waals surface area contributed by atoms with Gasteiger partial charge in [-0.25, -0.2) is 0 Å². The molecular formula is C28H27N3O4. The highest BCUT2D eigenvalue weighted by molar-refractivity contribution is 6.20. The van der Waals surface area contributed by atoms with Crippen molar-refractivity contribution in [3.63, 3.8) is 0 Å². The fourth-order valence-corrected chi connectivity index (χ4v) is 4.81. The molecule has 1 aliphatic carbocycles. The summed E-state index contributed by atoms with van der Waals surface area (Å²) in [6.45, 7) is 0. The Morgan fingerprint density at radius 1 is 0.943 bits per heavy atom. The predicted molar refractivity (Wildman–Crippen MR) is 136 cm³/mol. The summed E-state index contributed by atoms with van der Waals surface area (Å²) >= 11 is 0. The smallest absolute Gasteiger partial charge is 0.260 e. The van der Waals surface area contributed by atoms with Gasteiger partial charge in [0, 0.05) is 17.8 Å². The van der Waals surface area contributed by atoms with E-state index >= 15 is 0 Å². The molecule has 2 aromatic carbocycles. The lowest BCUT2D eigenvalue weighted by atomic mass is 9.89. The molecule has 1 amide bonds. The summed E-state index contributed by atoms with van der Waals surface area (Å²) in [7, 11) is 3.07. The van der Waals surface area contributed by atoms with Crippen molar-refractivity contribution in [3.05, 3.63) is 88.7 Å². The van der Waals surface area contributed by atoms with E-state index in [0.717, 1.165) is 19.3 Å². The first-order valence-electron chi connectivity index (χ1n) is 11.6. The van der Waals surface area contributed by atoms with Crippen LogP contribution in [0.4, 0.5) is 11.4 Å². The number of pyridine rings is 1. The van der Waals surface area contributed by atoms with E-state index in [-0.39, 0.29) is 22.7 Å². The van der Waals surface area contributed by atoms with E-state index in [1.165, 1.54) is 24.7 Å². The molecule has 0 spiro atoms. The number of ketones is 1. The number of hydrogen-bond donors (Lipinski definition) is 2. The van der Waals surface area contributed by atoms with Crippen LogP contribution in [0.3, 0.4) is 0 Å². The van der Waals surface area contributed by atoms with Gasteiger partial charge in [-0.3, -0.25) is 9.59 Å². The van der Waals surface area contributed by atoms with Crippen LogP contribution in [-0.2, 0) is 12.8 Å². The first-order chi connectivity index (χ1) is 17.0. The number of benzene rings is 2. The zero-order valence-electron chi connectivity index (χ0n) is 19.8. The number of carbonyl (C=O) groups is 2. The van der Waals surface area contributed by atoms with E-state index in [0.29, 0.717) is 28.3 Å². The minimum atomic E-state index is -0.442. The number of fused-ring (bicyclic) bond motifs is 2. The Hall–Kier alpha value is -4.26. The number of nitrogen functional groups attached to an aromatic ring is 1. The quantitative estimate of drug-likeness (QED) is 0.392. The van der Waals surface area contributed by atoms with E-state index in [9.17, 15) is 9.59 Å². The van der Waals surface area contributed by atoms with Crippen molar-refractivity contribution in [1.29, 1.82) is 0 Å². The lowest BCUT2D eigenvalue weighted by Gasteiger charge is -2.16. The molecular weight excluding hydrogens is 442 g/mol. The highest BCUT2D eigenvalue weighted by Gasteiger charge is 2.27. The van der Waals surface area contributed by atoms with Gasteiger partial charge in [-0.2, -0.15) is 0 Å². The van der Waals surface area contributed by atoms with Gasteiger partial charge in [-0.05, 0) is 67.1 Å². The zero-order chi connectivity index (χ0) is 24.5. The van der Waals surface area contributed by atoms with Crippen LogP contribution in [0, 0.1) is 0 Å². The molecule has 7 heteroatoms. The van der Waals surface area contributed by atoms with Gasteiger partial charge >= 0.3 is 0 Å². The summed E-state index contributed by atoms with van der Waals surface area (Å²) in [5.41, 5.74) is 11.2. The van der Waals surface area contributed by atoms with Crippen LogP contribution in [0.25, 0.3) is 5.52 Å². The van der Waals surface area contributed by atoms with E-state index in [1.807, 2.05) is 30.3 Å². The average Bonchev–Trinajstić information content (AvgIpc) is 3.19. The number of aryl methyl sites for hydroxylation is 2. The number of hydrogen-bond acceptors (Lipinski definition) is 5. The summed E-state index contributed by atoms with van der Waals surface area (Å²) in [6.07, 6.45) is 6.06. The molecule has 0 bridgehead atoms. The second kappa shape index (κ2) is 9.18. The van der Waals surface area contributed by atoms with Gasteiger partial charge in [0.05, 0.1) is 36.7 Å². The molecule has 1 aliphatic rings. The number of ether oxygens (including phenoxy) is 2. The Kier molecular flexibility index (Phi) is 5.91. The summed E-state index contributed by atoms with van der Waals surface area (Å²) in [4.78, 5) is 27.1. The molecule has 2 aromatic heterocycles. The molecule has 0 saturated carbocycles. The fraction of sp³-hybridized carbons (Fsp3) is 0.214. The predicted octanol–water partition coefficient (Wildman–Crippen LogP) is 4.90. The van der Waals surface area contributed by atoms with Gasteiger partial charge in [-0.15, -0.1) is 0 Å². The number of rotatable bonds is 6. The largest absolute Gasteiger partial charge is 0.497 e. The molecule has 0 fully saturated rings. The van der Waals surface area contributed by atoms with Gasteiger partial charge in [0.1, 0.15) is 17.2 Å². The van der Waals surface area contributed by atoms with Gasteiger partial charge < -0.3 is 24.9 Å². The highest BCUT2D eigenvalue weighted by atomic mass is 16.5. The second-order valence-corrected chi connectivity index (χ2v) is 8.63. The zero-order valence-corrected chi connectivity index (χ0v) is 19.8. The SMILES string of the molecule is COc1ccc(OC)c(NC(=O)c2c(N)c(C(=O)c3ccc4c(c3)CCCC4)n3ccccc23)c1. The lowest BCUT2D eigenvalue weighted by molar-refractivity contribution is 0.102. The summed E-state index contributed by atoms with van der Waals surface area (Å²) in [5.74, 6) is 0.392. The Morgan fingerprint density at radius 2 is 1.74 bits per heavy atom. The van der Waals surface area contributed by atoms with Crippen LogP contribution in [0.1, 0.15) is 50.4 Å². The Morgan fingerprint density at radius 3 is 2.51 bits per heavy atom. The fourth-order valence-electron chi connectivity index (χ4n) is 4.81. The normalized spacial score (nSPS) is 12.7. The molecule has 0 unspecified atom stereocenters. The average molecular weight is 470 g/mol. The summed E-state index contributed by atoms with van der Waals surface area (Å²) in [6, 6.07) is 16.4. The lowest BCUT2D eigenvalue weighted by Crippen LogP contribution is -2.15. The second-order valence-electron chi connectivity index (χ2n) is 8.63. The van der Waals surface area contributed by atoms with Crippen molar-refractivity contribution in [1.82, 2.24) is 4.40 Å². The molecule has 178 valence electrons. The molecule has 35 heavy (non-hydrogen) atoms. The van der Waals surface area contributed by atoms with Crippen LogP contribution in [0.2, 0.25) is 0 Å². The maximum Gasteiger partial charge on any atom is 0.260 e. The van der Waals surface area contributed by atoms with Gasteiger partial charge in [-0.1, -0.05) is 18.2 Å². The Labute approximate surface area is 203 Å². The number of nitrogens with one attached hydrogen (secondary N) is 1. The van der Waals surface area contributed by atoms with Gasteiger partial charge in [0.2, 0.25) is 5.78 Å². The van der Waals surface area contributed by atoms with Crippen molar-refractivity contribution in [2.75, 3.05) is 25.3 Å². The summed E-state index contributed by atoms with van der Waals surface area (Å²) in [5, 5.41) is 2.87. The van der Waals surface area contributed by atoms with Crippen LogP contribution < -0.4 is 20.5 Å². The molecule has 7 nitrogen and oxygen atoms in total. The topological polar surface area (TPSA) is 95.1 Å². The standard InChI is InChI=1S/C28H27N3O4/c1-34-20-12-13-23(35-2)21(16-20)30-28(33)24-22-9-5-6-14-31(22)26(25(24)29)27(32)19-11-10-17-7-3-4-8-18(17)15-19/h5-6,9-16H,3-4,7-8,29H2,1-2H3,(H,30,33). The van der Waals surface area contributed by atoms with E-state index < -0.39 is 5.91 Å². The number of nitrogens with two attached hydrogens (primary N) is 1. The van der Waals surface area contributed by atoms with Crippen molar-refractivity contribution in [2.45, 2.75) is 25.7 Å². The van der Waals surface area contributed by atoms with Crippen LogP contribution in [0.15, 0.2) is 60.8 Å². The number of nitrogens with zero attached hydrogens (tertiary/aromatic N) is 1. The van der Waals surface area contributed by atoms with Gasteiger partial charge in [0.15, 0.2) is 0 Å². The van der Waals surface area contributed by atoms with Crippen molar-refractivity contribution in [3.8, 4) is 11.5 Å². The Balaban J connectivity index is 1.57. The van der Waals surface area contributed by atoms with Crippen LogP contribution in [0.5, 0.6) is 11.5 Å². The molecule has 0 atom stereocenters. The first kappa shape index (κ1) is 22.5. The molecule has 0 saturated heterocycles. The molecule has 5 rings (SSSR count). The number of amides is 1. The van der Waals surface area contributed by atoms with E-state index in [4.69, 9.17) is 15.2 Å². The van der Waals surface area contributed by atoms with Crippen molar-refractivity contribution >= 4 is 28.6 Å². The number of methoxy groups -OCH3 is 2. The van der Waals surface area contributed by atoms with E-state index in [2.05, 4.69) is 5.32 Å². The maximum atomic E-state index is 13.7. The first-order valence-corrected chi connectivity index (χ1v) is 11.6. The Bertz CT molecular complexity index is 1450. The number of anilines is 2. The molecule has 3 N–H and O–H groups in total. The molecule has 0 radical (unpaired) electrons. The van der Waals surface area contributed by atoms with Gasteiger partial charge in [0.25, 0.3) is 5.91 Å². The van der Waals surface area contributed by atoms with E-state index in [1.54, 1.807) is 42.0 Å². The molecule has 4 aromatic rings.